The first-order valence-electron chi connectivity index (χ1n) is 12.2. The van der Waals surface area contributed by atoms with E-state index in [-0.39, 0.29) is 0 Å². The third-order valence-electron chi connectivity index (χ3n) is 7.34. The Morgan fingerprint density at radius 2 is 1.06 bits per heavy atom. The minimum atomic E-state index is 0.955. The van der Waals surface area contributed by atoms with E-state index in [1.54, 1.807) is 0 Å². The number of thiophene rings is 1. The Labute approximate surface area is 211 Å². The average molecular weight is 477 g/mol. The van der Waals surface area contributed by atoms with E-state index in [4.69, 9.17) is 4.42 Å². The Morgan fingerprint density at radius 1 is 0.472 bits per heavy atom. The van der Waals surface area contributed by atoms with Crippen molar-refractivity contribution in [2.45, 2.75) is 0 Å². The van der Waals surface area contributed by atoms with Gasteiger partial charge in [0.2, 0.25) is 0 Å². The number of rotatable bonds is 2. The summed E-state index contributed by atoms with van der Waals surface area (Å²) in [5.41, 5.74) is 5.86. The van der Waals surface area contributed by atoms with Gasteiger partial charge in [-0.05, 0) is 50.9 Å². The lowest BCUT2D eigenvalue weighted by Gasteiger charge is -2.18. The van der Waals surface area contributed by atoms with E-state index < -0.39 is 0 Å². The number of hydrogen-bond acceptors (Lipinski definition) is 2. The van der Waals surface area contributed by atoms with Crippen LogP contribution in [0.3, 0.4) is 0 Å². The van der Waals surface area contributed by atoms with Gasteiger partial charge in [0.1, 0.15) is 5.58 Å². The van der Waals surface area contributed by atoms with Gasteiger partial charge in [0.25, 0.3) is 0 Å². The van der Waals surface area contributed by atoms with Gasteiger partial charge in [0.05, 0.1) is 6.26 Å². The van der Waals surface area contributed by atoms with Crippen molar-refractivity contribution in [3.05, 3.63) is 122 Å². The summed E-state index contributed by atoms with van der Waals surface area (Å²) in [7, 11) is 0. The number of benzene rings is 6. The van der Waals surface area contributed by atoms with Gasteiger partial charge in [-0.2, -0.15) is 0 Å². The lowest BCUT2D eigenvalue weighted by atomic mass is 9.85. The smallest absolute Gasteiger partial charge is 0.143 e. The molecule has 8 rings (SSSR count). The fraction of sp³-hybridized carbons (Fsp3) is 0. The molecule has 0 aliphatic heterocycles. The summed E-state index contributed by atoms with van der Waals surface area (Å²) < 4.78 is 8.82. The maximum absolute atomic E-state index is 6.23. The first-order valence-corrected chi connectivity index (χ1v) is 13.0. The van der Waals surface area contributed by atoms with Gasteiger partial charge in [-0.1, -0.05) is 97.1 Å². The predicted molar refractivity (Wildman–Crippen MR) is 155 cm³/mol. The normalized spacial score (nSPS) is 11.9. The molecule has 0 unspecified atom stereocenters. The van der Waals surface area contributed by atoms with Crippen LogP contribution in [0.2, 0.25) is 0 Å². The molecule has 0 spiro atoms. The lowest BCUT2D eigenvalue weighted by molar-refractivity contribution is 0.617. The van der Waals surface area contributed by atoms with Crippen LogP contribution in [0, 0.1) is 0 Å². The van der Waals surface area contributed by atoms with E-state index in [1.807, 2.05) is 17.6 Å². The maximum atomic E-state index is 6.23. The van der Waals surface area contributed by atoms with Gasteiger partial charge in [-0.3, -0.25) is 0 Å². The van der Waals surface area contributed by atoms with E-state index in [0.717, 1.165) is 11.1 Å². The van der Waals surface area contributed by atoms with E-state index in [1.165, 1.54) is 63.8 Å². The number of hydrogen-bond donors (Lipinski definition) is 0. The molecule has 0 bridgehead atoms. The van der Waals surface area contributed by atoms with Gasteiger partial charge in [-0.25, -0.2) is 0 Å². The summed E-state index contributed by atoms with van der Waals surface area (Å²) in [6, 6.07) is 41.5. The topological polar surface area (TPSA) is 13.1 Å². The Balaban J connectivity index is 1.60. The second-order valence-corrected chi connectivity index (χ2v) is 10.3. The molecule has 0 aliphatic carbocycles. The second kappa shape index (κ2) is 7.55. The minimum absolute atomic E-state index is 0.955. The molecule has 36 heavy (non-hydrogen) atoms. The first kappa shape index (κ1) is 19.9. The van der Waals surface area contributed by atoms with E-state index in [0.29, 0.717) is 0 Å². The Kier molecular flexibility index (Phi) is 4.16. The van der Waals surface area contributed by atoms with E-state index in [2.05, 4.69) is 115 Å². The predicted octanol–water partition coefficient (Wildman–Crippen LogP) is 10.4. The number of fused-ring (bicyclic) bond motifs is 7. The molecule has 6 aromatic carbocycles. The van der Waals surface area contributed by atoms with Crippen LogP contribution in [0.1, 0.15) is 0 Å². The summed E-state index contributed by atoms with van der Waals surface area (Å²) in [6.07, 6.45) is 1.83. The Hall–Kier alpha value is -4.40. The highest BCUT2D eigenvalue weighted by Crippen LogP contribution is 2.48. The number of furan rings is 1. The standard InChI is InChI=1S/C34H20OS/c1-2-10-21(11-3-1)31-23-13-4-6-15-25(23)32(26-16-7-5-14-24(26)31)29-20-28-22-12-8-9-17-30(22)36-34(28)27-18-19-35-33(27)29/h1-20H. The third kappa shape index (κ3) is 2.71. The quantitative estimate of drug-likeness (QED) is 0.226. The molecular weight excluding hydrogens is 456 g/mol. The highest BCUT2D eigenvalue weighted by Gasteiger charge is 2.21. The zero-order chi connectivity index (χ0) is 23.6. The summed E-state index contributed by atoms with van der Waals surface area (Å²) in [5, 5.41) is 8.78. The summed E-state index contributed by atoms with van der Waals surface area (Å²) in [5.74, 6) is 0. The van der Waals surface area contributed by atoms with Crippen LogP contribution in [0.5, 0.6) is 0 Å². The molecule has 0 atom stereocenters. The maximum Gasteiger partial charge on any atom is 0.143 e. The summed E-state index contributed by atoms with van der Waals surface area (Å²) in [4.78, 5) is 0. The highest BCUT2D eigenvalue weighted by molar-refractivity contribution is 7.26. The molecule has 0 radical (unpaired) electrons. The van der Waals surface area contributed by atoms with Gasteiger partial charge in [0, 0.05) is 36.7 Å². The molecule has 0 amide bonds. The van der Waals surface area contributed by atoms with Crippen LogP contribution in [0.15, 0.2) is 126 Å². The highest BCUT2D eigenvalue weighted by atomic mass is 32.1. The Morgan fingerprint density at radius 3 is 1.75 bits per heavy atom. The Bertz CT molecular complexity index is 2040. The SMILES string of the molecule is c1ccc(-c2c3ccccc3c(-c3cc4c5ccccc5sc4c4ccoc34)c3ccccc23)cc1. The molecule has 2 heteroatoms. The summed E-state index contributed by atoms with van der Waals surface area (Å²) in [6.45, 7) is 0. The molecule has 0 saturated heterocycles. The van der Waals surface area contributed by atoms with Crippen molar-refractivity contribution in [2.24, 2.45) is 0 Å². The van der Waals surface area contributed by atoms with Crippen LogP contribution in [-0.2, 0) is 0 Å². The summed E-state index contributed by atoms with van der Waals surface area (Å²) >= 11 is 1.85. The molecular formula is C34H20OS. The molecule has 1 nitrogen and oxygen atoms in total. The van der Waals surface area contributed by atoms with Gasteiger partial charge < -0.3 is 4.42 Å². The van der Waals surface area contributed by atoms with E-state index in [9.17, 15) is 0 Å². The van der Waals surface area contributed by atoms with Gasteiger partial charge >= 0.3 is 0 Å². The monoisotopic (exact) mass is 476 g/mol. The fourth-order valence-electron chi connectivity index (χ4n) is 5.84. The second-order valence-electron chi connectivity index (χ2n) is 9.27. The third-order valence-corrected chi connectivity index (χ3v) is 8.56. The zero-order valence-corrected chi connectivity index (χ0v) is 20.2. The molecule has 0 aliphatic rings. The lowest BCUT2D eigenvalue weighted by Crippen LogP contribution is -1.91. The molecule has 8 aromatic rings. The van der Waals surface area contributed by atoms with Crippen molar-refractivity contribution in [3.8, 4) is 22.3 Å². The van der Waals surface area contributed by atoms with Crippen LogP contribution in [-0.4, -0.2) is 0 Å². The van der Waals surface area contributed by atoms with Crippen LogP contribution < -0.4 is 0 Å². The molecule has 0 saturated carbocycles. The van der Waals surface area contributed by atoms with Crippen molar-refractivity contribution in [1.29, 1.82) is 0 Å². The molecule has 2 heterocycles. The average Bonchev–Trinajstić information content (AvgIpc) is 3.57. The molecule has 168 valence electrons. The van der Waals surface area contributed by atoms with Crippen LogP contribution >= 0.6 is 11.3 Å². The minimum Gasteiger partial charge on any atom is -0.464 e. The van der Waals surface area contributed by atoms with Crippen molar-refractivity contribution in [2.75, 3.05) is 0 Å². The molecule has 2 aromatic heterocycles. The first-order chi connectivity index (χ1) is 17.9. The molecule has 0 fully saturated rings. The van der Waals surface area contributed by atoms with E-state index >= 15 is 0 Å². The van der Waals surface area contributed by atoms with Crippen molar-refractivity contribution >= 4 is 64.0 Å². The molecule has 0 N–H and O–H groups in total. The largest absolute Gasteiger partial charge is 0.464 e. The fourth-order valence-corrected chi connectivity index (χ4v) is 7.04. The zero-order valence-electron chi connectivity index (χ0n) is 19.4. The van der Waals surface area contributed by atoms with Gasteiger partial charge in [-0.15, -0.1) is 11.3 Å². The van der Waals surface area contributed by atoms with Gasteiger partial charge in [0.15, 0.2) is 0 Å². The van der Waals surface area contributed by atoms with Crippen LogP contribution in [0.25, 0.3) is 74.9 Å². The van der Waals surface area contributed by atoms with Crippen LogP contribution in [0.4, 0.5) is 0 Å². The van der Waals surface area contributed by atoms with Crippen molar-refractivity contribution in [1.82, 2.24) is 0 Å². The van der Waals surface area contributed by atoms with Crippen molar-refractivity contribution in [3.63, 3.8) is 0 Å². The van der Waals surface area contributed by atoms with Crippen molar-refractivity contribution < 1.29 is 4.42 Å².